The highest BCUT2D eigenvalue weighted by molar-refractivity contribution is 5.78. The van der Waals surface area contributed by atoms with Crippen LogP contribution in [0.3, 0.4) is 0 Å². The summed E-state index contributed by atoms with van der Waals surface area (Å²) >= 11 is 0. The van der Waals surface area contributed by atoms with Gasteiger partial charge >= 0.3 is 6.18 Å². The molecule has 122 valence electrons. The van der Waals surface area contributed by atoms with E-state index < -0.39 is 11.7 Å². The van der Waals surface area contributed by atoms with Gasteiger partial charge < -0.3 is 10.4 Å². The SMILES string of the molecule is CC(Cc1ccc(C(F)(F)F)cc1)C(=O)NCC1(CO)CC1. The molecular weight excluding hydrogens is 295 g/mol. The van der Waals surface area contributed by atoms with Gasteiger partial charge in [0.05, 0.1) is 12.2 Å². The van der Waals surface area contributed by atoms with Gasteiger partial charge in [0.1, 0.15) is 0 Å². The zero-order valence-electron chi connectivity index (χ0n) is 12.4. The fourth-order valence-corrected chi connectivity index (χ4v) is 2.29. The Morgan fingerprint density at radius 2 is 1.91 bits per heavy atom. The van der Waals surface area contributed by atoms with Gasteiger partial charge in [-0.25, -0.2) is 0 Å². The average Bonchev–Trinajstić information content (AvgIpc) is 3.25. The molecule has 0 bridgehead atoms. The third kappa shape index (κ3) is 4.22. The Kier molecular flexibility index (Phi) is 4.80. The minimum absolute atomic E-state index is 0.0700. The Morgan fingerprint density at radius 3 is 2.36 bits per heavy atom. The van der Waals surface area contributed by atoms with Gasteiger partial charge in [0.15, 0.2) is 0 Å². The lowest BCUT2D eigenvalue weighted by atomic mass is 9.99. The topological polar surface area (TPSA) is 49.3 Å². The number of rotatable bonds is 6. The molecule has 0 aromatic heterocycles. The van der Waals surface area contributed by atoms with Crippen molar-refractivity contribution in [2.45, 2.75) is 32.4 Å². The first-order valence-electron chi connectivity index (χ1n) is 7.30. The fraction of sp³-hybridized carbons (Fsp3) is 0.562. The maximum absolute atomic E-state index is 12.5. The van der Waals surface area contributed by atoms with E-state index in [4.69, 9.17) is 0 Å². The molecule has 0 spiro atoms. The Morgan fingerprint density at radius 1 is 1.32 bits per heavy atom. The van der Waals surface area contributed by atoms with Crippen molar-refractivity contribution in [3.8, 4) is 0 Å². The van der Waals surface area contributed by atoms with E-state index in [1.165, 1.54) is 12.1 Å². The predicted octanol–water partition coefficient (Wildman–Crippen LogP) is 2.77. The van der Waals surface area contributed by atoms with Crippen molar-refractivity contribution < 1.29 is 23.1 Å². The van der Waals surface area contributed by atoms with Crippen LogP contribution in [0.1, 0.15) is 30.9 Å². The van der Waals surface area contributed by atoms with Crippen molar-refractivity contribution in [3.05, 3.63) is 35.4 Å². The van der Waals surface area contributed by atoms with Crippen LogP contribution in [-0.2, 0) is 17.4 Å². The van der Waals surface area contributed by atoms with Crippen molar-refractivity contribution in [1.29, 1.82) is 0 Å². The van der Waals surface area contributed by atoms with Crippen molar-refractivity contribution in [3.63, 3.8) is 0 Å². The fourth-order valence-electron chi connectivity index (χ4n) is 2.29. The molecule has 0 radical (unpaired) electrons. The number of alkyl halides is 3. The molecule has 1 aromatic carbocycles. The number of hydrogen-bond donors (Lipinski definition) is 2. The van der Waals surface area contributed by atoms with Crippen LogP contribution in [0.4, 0.5) is 13.2 Å². The van der Waals surface area contributed by atoms with Crippen molar-refractivity contribution in [1.82, 2.24) is 5.32 Å². The van der Waals surface area contributed by atoms with E-state index in [1.807, 2.05) is 0 Å². The molecular formula is C16H20F3NO2. The van der Waals surface area contributed by atoms with Crippen LogP contribution in [0, 0.1) is 11.3 Å². The number of amides is 1. The number of nitrogens with one attached hydrogen (secondary N) is 1. The monoisotopic (exact) mass is 315 g/mol. The molecule has 1 fully saturated rings. The Bertz CT molecular complexity index is 521. The maximum atomic E-state index is 12.5. The molecule has 1 saturated carbocycles. The lowest BCUT2D eigenvalue weighted by Gasteiger charge is -2.16. The second-order valence-electron chi connectivity index (χ2n) is 6.18. The molecule has 2 rings (SSSR count). The first-order chi connectivity index (χ1) is 10.3. The van der Waals surface area contributed by atoms with Gasteiger partial charge in [0, 0.05) is 17.9 Å². The summed E-state index contributed by atoms with van der Waals surface area (Å²) in [4.78, 5) is 12.0. The summed E-state index contributed by atoms with van der Waals surface area (Å²) in [6, 6.07) is 4.88. The largest absolute Gasteiger partial charge is 0.416 e. The molecule has 3 nitrogen and oxygen atoms in total. The number of halogens is 3. The average molecular weight is 315 g/mol. The summed E-state index contributed by atoms with van der Waals surface area (Å²) in [6.07, 6.45) is -2.13. The highest BCUT2D eigenvalue weighted by Crippen LogP contribution is 2.44. The van der Waals surface area contributed by atoms with Gasteiger partial charge in [-0.2, -0.15) is 13.2 Å². The molecule has 1 aliphatic rings. The zero-order chi connectivity index (χ0) is 16.4. The Labute approximate surface area is 127 Å². The molecule has 1 aromatic rings. The summed E-state index contributed by atoms with van der Waals surface area (Å²) in [5, 5.41) is 12.0. The highest BCUT2D eigenvalue weighted by atomic mass is 19.4. The lowest BCUT2D eigenvalue weighted by molar-refractivity contribution is -0.137. The quantitative estimate of drug-likeness (QED) is 0.848. The molecule has 1 atom stereocenters. The van der Waals surface area contributed by atoms with E-state index in [-0.39, 0.29) is 23.8 Å². The van der Waals surface area contributed by atoms with Gasteiger partial charge in [0.2, 0.25) is 5.91 Å². The predicted molar refractivity (Wildman–Crippen MR) is 76.1 cm³/mol. The van der Waals surface area contributed by atoms with Gasteiger partial charge in [-0.3, -0.25) is 4.79 Å². The van der Waals surface area contributed by atoms with Crippen LogP contribution < -0.4 is 5.32 Å². The van der Waals surface area contributed by atoms with E-state index in [0.29, 0.717) is 18.5 Å². The van der Waals surface area contributed by atoms with Crippen molar-refractivity contribution >= 4 is 5.91 Å². The summed E-state index contributed by atoms with van der Waals surface area (Å²) < 4.78 is 37.4. The number of hydrogen-bond acceptors (Lipinski definition) is 2. The summed E-state index contributed by atoms with van der Waals surface area (Å²) in [5.41, 5.74) is -0.144. The number of carbonyl (C=O) groups is 1. The van der Waals surface area contributed by atoms with Crippen LogP contribution >= 0.6 is 0 Å². The molecule has 2 N–H and O–H groups in total. The smallest absolute Gasteiger partial charge is 0.396 e. The Balaban J connectivity index is 1.85. The third-order valence-electron chi connectivity index (χ3n) is 4.20. The summed E-state index contributed by atoms with van der Waals surface area (Å²) in [6.45, 7) is 2.27. The zero-order valence-corrected chi connectivity index (χ0v) is 12.4. The van der Waals surface area contributed by atoms with Crippen molar-refractivity contribution in [2.24, 2.45) is 11.3 Å². The molecule has 22 heavy (non-hydrogen) atoms. The number of aliphatic hydroxyl groups is 1. The van der Waals surface area contributed by atoms with Gasteiger partial charge in [0.25, 0.3) is 0 Å². The normalized spacial score (nSPS) is 17.9. The third-order valence-corrected chi connectivity index (χ3v) is 4.20. The van der Waals surface area contributed by atoms with Crippen LogP contribution in [0.2, 0.25) is 0 Å². The van der Waals surface area contributed by atoms with E-state index >= 15 is 0 Å². The lowest BCUT2D eigenvalue weighted by Crippen LogP contribution is -2.36. The van der Waals surface area contributed by atoms with Crippen molar-refractivity contribution in [2.75, 3.05) is 13.2 Å². The molecule has 1 amide bonds. The standard InChI is InChI=1S/C16H20F3NO2/c1-11(14(22)20-9-15(10-21)6-7-15)8-12-2-4-13(5-3-12)16(17,18)19/h2-5,11,21H,6-10H2,1H3,(H,20,22). The van der Waals surface area contributed by atoms with Crippen LogP contribution in [-0.4, -0.2) is 24.2 Å². The summed E-state index contributed by atoms with van der Waals surface area (Å²) in [7, 11) is 0. The first kappa shape index (κ1) is 16.8. The second kappa shape index (κ2) is 6.28. The number of aliphatic hydroxyl groups excluding tert-OH is 1. The highest BCUT2D eigenvalue weighted by Gasteiger charge is 2.42. The molecule has 1 unspecified atom stereocenters. The van der Waals surface area contributed by atoms with Crippen LogP contribution in [0.5, 0.6) is 0 Å². The molecule has 6 heteroatoms. The van der Waals surface area contributed by atoms with E-state index in [1.54, 1.807) is 6.92 Å². The minimum atomic E-state index is -4.34. The van der Waals surface area contributed by atoms with E-state index in [0.717, 1.165) is 25.0 Å². The van der Waals surface area contributed by atoms with Gasteiger partial charge in [-0.05, 0) is 37.0 Å². The minimum Gasteiger partial charge on any atom is -0.396 e. The van der Waals surface area contributed by atoms with Gasteiger partial charge in [-0.15, -0.1) is 0 Å². The van der Waals surface area contributed by atoms with Crippen LogP contribution in [0.25, 0.3) is 0 Å². The molecule has 0 heterocycles. The Hall–Kier alpha value is -1.56. The van der Waals surface area contributed by atoms with E-state index in [2.05, 4.69) is 5.32 Å². The molecule has 0 saturated heterocycles. The number of carbonyl (C=O) groups excluding carboxylic acids is 1. The summed E-state index contributed by atoms with van der Waals surface area (Å²) in [5.74, 6) is -0.467. The van der Waals surface area contributed by atoms with Crippen LogP contribution in [0.15, 0.2) is 24.3 Å². The maximum Gasteiger partial charge on any atom is 0.416 e. The van der Waals surface area contributed by atoms with Gasteiger partial charge in [-0.1, -0.05) is 19.1 Å². The number of benzene rings is 1. The first-order valence-corrected chi connectivity index (χ1v) is 7.30. The molecule has 0 aliphatic heterocycles. The molecule has 1 aliphatic carbocycles. The van der Waals surface area contributed by atoms with E-state index in [9.17, 15) is 23.1 Å². The second-order valence-corrected chi connectivity index (χ2v) is 6.18.